The zero-order chi connectivity index (χ0) is 18.0. The van der Waals surface area contributed by atoms with Gasteiger partial charge in [-0.1, -0.05) is 12.1 Å². The Hall–Kier alpha value is -1.44. The van der Waals surface area contributed by atoms with Crippen molar-refractivity contribution in [3.05, 3.63) is 29.3 Å². The van der Waals surface area contributed by atoms with Crippen LogP contribution in [0, 0.1) is 13.8 Å². The maximum atomic E-state index is 13.2. The van der Waals surface area contributed by atoms with Crippen LogP contribution in [-0.4, -0.2) is 62.3 Å². The van der Waals surface area contributed by atoms with Gasteiger partial charge in [-0.05, 0) is 43.9 Å². The number of carbonyl (C=O) groups excluding carboxylic acids is 1. The van der Waals surface area contributed by atoms with Gasteiger partial charge in [0, 0.05) is 45.2 Å². The van der Waals surface area contributed by atoms with Crippen molar-refractivity contribution in [2.45, 2.75) is 44.0 Å². The fourth-order valence-electron chi connectivity index (χ4n) is 3.25. The van der Waals surface area contributed by atoms with Crippen molar-refractivity contribution in [3.8, 4) is 0 Å². The highest BCUT2D eigenvalue weighted by Gasteiger charge is 2.39. The van der Waals surface area contributed by atoms with Gasteiger partial charge in [-0.3, -0.25) is 4.79 Å². The van der Waals surface area contributed by atoms with E-state index in [0.717, 1.165) is 37.1 Å². The number of hydrogen-bond donors (Lipinski definition) is 1. The van der Waals surface area contributed by atoms with Gasteiger partial charge in [-0.2, -0.15) is 4.31 Å². The van der Waals surface area contributed by atoms with Crippen LogP contribution >= 0.6 is 0 Å². The normalized spacial score (nSPS) is 18.6. The number of benzene rings is 1. The number of sulfonamides is 1. The molecule has 3 rings (SSSR count). The summed E-state index contributed by atoms with van der Waals surface area (Å²) in [4.78, 5) is 14.6. The lowest BCUT2D eigenvalue weighted by Gasteiger charge is -2.29. The molecule has 1 heterocycles. The second kappa shape index (κ2) is 7.43. The molecule has 0 aromatic heterocycles. The van der Waals surface area contributed by atoms with Crippen LogP contribution in [0.25, 0.3) is 0 Å². The third-order valence-corrected chi connectivity index (χ3v) is 6.99. The second-order valence-electron chi connectivity index (χ2n) is 7.00. The minimum absolute atomic E-state index is 0.0423. The van der Waals surface area contributed by atoms with Crippen molar-refractivity contribution in [2.75, 3.05) is 32.7 Å². The predicted octanol–water partition coefficient (Wildman–Crippen LogP) is 1.28. The van der Waals surface area contributed by atoms with E-state index in [9.17, 15) is 13.2 Å². The average molecular weight is 365 g/mol. The Labute approximate surface area is 150 Å². The monoisotopic (exact) mass is 365 g/mol. The Morgan fingerprint density at radius 1 is 1.24 bits per heavy atom. The first-order chi connectivity index (χ1) is 11.9. The van der Waals surface area contributed by atoms with Crippen LogP contribution in [0.3, 0.4) is 0 Å². The SMILES string of the molecule is Cc1ccc(C)c(S(=O)(=O)N(CCC(=O)N2CCNCC2)C2CC2)c1. The summed E-state index contributed by atoms with van der Waals surface area (Å²) in [7, 11) is -3.57. The Balaban J connectivity index is 1.74. The smallest absolute Gasteiger partial charge is 0.243 e. The molecule has 7 heteroatoms. The number of hydrogen-bond acceptors (Lipinski definition) is 4. The third kappa shape index (κ3) is 4.22. The maximum absolute atomic E-state index is 13.2. The molecule has 1 saturated carbocycles. The highest BCUT2D eigenvalue weighted by atomic mass is 32.2. The van der Waals surface area contributed by atoms with Crippen LogP contribution < -0.4 is 5.32 Å². The van der Waals surface area contributed by atoms with Crippen LogP contribution in [0.1, 0.15) is 30.4 Å². The van der Waals surface area contributed by atoms with Gasteiger partial charge in [0.25, 0.3) is 0 Å². The molecule has 2 aliphatic rings. The van der Waals surface area contributed by atoms with E-state index in [4.69, 9.17) is 0 Å². The highest BCUT2D eigenvalue weighted by molar-refractivity contribution is 7.89. The first kappa shape index (κ1) is 18.4. The minimum atomic E-state index is -3.57. The number of carbonyl (C=O) groups is 1. The standard InChI is InChI=1S/C18H27N3O3S/c1-14-3-4-15(2)17(13-14)25(23,24)21(16-5-6-16)10-7-18(22)20-11-8-19-9-12-20/h3-4,13,16,19H,5-12H2,1-2H3. The van der Waals surface area contributed by atoms with E-state index >= 15 is 0 Å². The van der Waals surface area contributed by atoms with Crippen LogP contribution in [0.5, 0.6) is 0 Å². The minimum Gasteiger partial charge on any atom is -0.340 e. The maximum Gasteiger partial charge on any atom is 0.243 e. The van der Waals surface area contributed by atoms with Gasteiger partial charge in [0.1, 0.15) is 0 Å². The van der Waals surface area contributed by atoms with Gasteiger partial charge < -0.3 is 10.2 Å². The van der Waals surface area contributed by atoms with E-state index in [1.807, 2.05) is 30.9 Å². The summed E-state index contributed by atoms with van der Waals surface area (Å²) in [5, 5.41) is 3.22. The highest BCUT2D eigenvalue weighted by Crippen LogP contribution is 2.33. The molecule has 0 atom stereocenters. The van der Waals surface area contributed by atoms with Crippen molar-refractivity contribution in [2.24, 2.45) is 0 Å². The van der Waals surface area contributed by atoms with E-state index in [1.54, 1.807) is 10.4 Å². The number of aryl methyl sites for hydroxylation is 2. The van der Waals surface area contributed by atoms with Gasteiger partial charge >= 0.3 is 0 Å². The Bertz CT molecular complexity index is 738. The van der Waals surface area contributed by atoms with Gasteiger partial charge in [-0.25, -0.2) is 8.42 Å². The average Bonchev–Trinajstić information content (AvgIpc) is 3.42. The molecule has 0 spiro atoms. The van der Waals surface area contributed by atoms with Gasteiger partial charge in [0.2, 0.25) is 15.9 Å². The largest absolute Gasteiger partial charge is 0.340 e. The molecule has 1 amide bonds. The number of rotatable bonds is 6. The Morgan fingerprint density at radius 2 is 1.92 bits per heavy atom. The topological polar surface area (TPSA) is 69.7 Å². The van der Waals surface area contributed by atoms with Crippen molar-refractivity contribution >= 4 is 15.9 Å². The Kier molecular flexibility index (Phi) is 5.46. The van der Waals surface area contributed by atoms with Crippen molar-refractivity contribution in [1.82, 2.24) is 14.5 Å². The molecule has 1 aromatic rings. The predicted molar refractivity (Wildman–Crippen MR) is 96.9 cm³/mol. The quantitative estimate of drug-likeness (QED) is 0.824. The molecule has 1 aliphatic carbocycles. The van der Waals surface area contributed by atoms with E-state index < -0.39 is 10.0 Å². The summed E-state index contributed by atoms with van der Waals surface area (Å²) in [5.74, 6) is 0.0447. The summed E-state index contributed by atoms with van der Waals surface area (Å²) >= 11 is 0. The molecule has 0 unspecified atom stereocenters. The molecular weight excluding hydrogens is 338 g/mol. The molecule has 1 saturated heterocycles. The fourth-order valence-corrected chi connectivity index (χ4v) is 5.25. The second-order valence-corrected chi connectivity index (χ2v) is 8.86. The summed E-state index contributed by atoms with van der Waals surface area (Å²) in [6, 6.07) is 5.54. The molecule has 138 valence electrons. The zero-order valence-corrected chi connectivity index (χ0v) is 15.8. The fraction of sp³-hybridized carbons (Fsp3) is 0.611. The summed E-state index contributed by atoms with van der Waals surface area (Å²) in [6.45, 7) is 7.00. The van der Waals surface area contributed by atoms with Crippen molar-refractivity contribution in [3.63, 3.8) is 0 Å². The van der Waals surface area contributed by atoms with Gasteiger partial charge in [0.15, 0.2) is 0 Å². The van der Waals surface area contributed by atoms with Crippen LogP contribution in [0.2, 0.25) is 0 Å². The lowest BCUT2D eigenvalue weighted by atomic mass is 10.2. The lowest BCUT2D eigenvalue weighted by Crippen LogP contribution is -2.47. The van der Waals surface area contributed by atoms with E-state index in [2.05, 4.69) is 5.32 Å². The molecule has 0 radical (unpaired) electrons. The van der Waals surface area contributed by atoms with Crippen LogP contribution in [0.15, 0.2) is 23.1 Å². The Morgan fingerprint density at radius 3 is 2.56 bits per heavy atom. The molecular formula is C18H27N3O3S. The first-order valence-corrected chi connectivity index (χ1v) is 10.4. The molecule has 1 N–H and O–H groups in total. The summed E-state index contributed by atoms with van der Waals surface area (Å²) in [5.41, 5.74) is 1.68. The van der Waals surface area contributed by atoms with Crippen molar-refractivity contribution < 1.29 is 13.2 Å². The number of amides is 1. The number of piperazine rings is 1. The zero-order valence-electron chi connectivity index (χ0n) is 15.0. The van der Waals surface area contributed by atoms with Crippen molar-refractivity contribution in [1.29, 1.82) is 0 Å². The molecule has 1 aromatic carbocycles. The number of nitrogens with one attached hydrogen (secondary N) is 1. The third-order valence-electron chi connectivity index (χ3n) is 4.90. The molecule has 25 heavy (non-hydrogen) atoms. The first-order valence-electron chi connectivity index (χ1n) is 8.97. The van der Waals surface area contributed by atoms with E-state index in [0.29, 0.717) is 18.0 Å². The van der Waals surface area contributed by atoms with Gasteiger partial charge in [0.05, 0.1) is 4.90 Å². The van der Waals surface area contributed by atoms with E-state index in [1.165, 1.54) is 0 Å². The van der Waals surface area contributed by atoms with Crippen LogP contribution in [-0.2, 0) is 14.8 Å². The summed E-state index contributed by atoms with van der Waals surface area (Å²) < 4.78 is 27.9. The van der Waals surface area contributed by atoms with Crippen LogP contribution in [0.4, 0.5) is 0 Å². The lowest BCUT2D eigenvalue weighted by molar-refractivity contribution is -0.131. The summed E-state index contributed by atoms with van der Waals surface area (Å²) in [6.07, 6.45) is 2.01. The molecule has 0 bridgehead atoms. The molecule has 1 aliphatic heterocycles. The van der Waals surface area contributed by atoms with E-state index in [-0.39, 0.29) is 24.9 Å². The van der Waals surface area contributed by atoms with Gasteiger partial charge in [-0.15, -0.1) is 0 Å². The molecule has 2 fully saturated rings. The number of nitrogens with zero attached hydrogens (tertiary/aromatic N) is 2. The molecule has 6 nitrogen and oxygen atoms in total.